The zero-order chi connectivity index (χ0) is 12.1. The average molecular weight is 243 g/mol. The molecule has 90 valence electrons. The molecule has 0 aliphatic heterocycles. The van der Waals surface area contributed by atoms with Crippen LogP contribution in [0.25, 0.3) is 0 Å². The Morgan fingerprint density at radius 1 is 1.19 bits per heavy atom. The van der Waals surface area contributed by atoms with Crippen LogP contribution in [0.1, 0.15) is 30.4 Å². The molecule has 0 fully saturated rings. The third-order valence-corrected chi connectivity index (χ3v) is 2.94. The van der Waals surface area contributed by atoms with Gasteiger partial charge < -0.3 is 9.47 Å². The van der Waals surface area contributed by atoms with Crippen LogP contribution in [0.3, 0.4) is 0 Å². The molecule has 0 N–H and O–H groups in total. The molecule has 1 atom stereocenters. The highest BCUT2D eigenvalue weighted by molar-refractivity contribution is 6.17. The maximum Gasteiger partial charge on any atom is 0.126 e. The highest BCUT2D eigenvalue weighted by Gasteiger charge is 2.17. The molecule has 0 amide bonds. The van der Waals surface area contributed by atoms with Crippen LogP contribution >= 0.6 is 11.6 Å². The first-order valence-electron chi connectivity index (χ1n) is 5.42. The second-order valence-corrected chi connectivity index (χ2v) is 4.34. The molecule has 1 unspecified atom stereocenters. The molecular weight excluding hydrogens is 224 g/mol. The van der Waals surface area contributed by atoms with Crippen molar-refractivity contribution in [2.24, 2.45) is 0 Å². The van der Waals surface area contributed by atoms with E-state index in [1.807, 2.05) is 19.1 Å². The summed E-state index contributed by atoms with van der Waals surface area (Å²) in [6.07, 6.45) is 0.914. The monoisotopic (exact) mass is 242 g/mol. The van der Waals surface area contributed by atoms with Gasteiger partial charge in [0.15, 0.2) is 0 Å². The first-order chi connectivity index (χ1) is 7.63. The summed E-state index contributed by atoms with van der Waals surface area (Å²) in [5.41, 5.74) is 2.24. The Morgan fingerprint density at radius 2 is 1.69 bits per heavy atom. The van der Waals surface area contributed by atoms with Gasteiger partial charge in [0.05, 0.1) is 14.2 Å². The van der Waals surface area contributed by atoms with Crippen molar-refractivity contribution >= 4 is 11.6 Å². The summed E-state index contributed by atoms with van der Waals surface area (Å²) in [7, 11) is 3.37. The molecule has 16 heavy (non-hydrogen) atoms. The van der Waals surface area contributed by atoms with Gasteiger partial charge in [-0.3, -0.25) is 0 Å². The summed E-state index contributed by atoms with van der Waals surface area (Å²) >= 11 is 5.79. The van der Waals surface area contributed by atoms with Gasteiger partial charge in [-0.25, -0.2) is 0 Å². The summed E-state index contributed by atoms with van der Waals surface area (Å²) in [6, 6.07) is 4.06. The smallest absolute Gasteiger partial charge is 0.126 e. The zero-order valence-electron chi connectivity index (χ0n) is 10.3. The summed E-state index contributed by atoms with van der Waals surface area (Å²) in [5, 5.41) is 0. The largest absolute Gasteiger partial charge is 0.496 e. The Kier molecular flexibility index (Phi) is 4.94. The van der Waals surface area contributed by atoms with Crippen molar-refractivity contribution in [1.82, 2.24) is 0 Å². The highest BCUT2D eigenvalue weighted by Crippen LogP contribution is 2.37. The van der Waals surface area contributed by atoms with Crippen molar-refractivity contribution in [2.75, 3.05) is 20.1 Å². The lowest BCUT2D eigenvalue weighted by molar-refractivity contribution is 0.379. The first-order valence-corrected chi connectivity index (χ1v) is 5.96. The molecule has 1 rings (SSSR count). The minimum Gasteiger partial charge on any atom is -0.496 e. The number of methoxy groups -OCH3 is 2. The van der Waals surface area contributed by atoms with Crippen LogP contribution in [0.4, 0.5) is 0 Å². The fraction of sp³-hybridized carbons (Fsp3) is 0.538. The number of hydrogen-bond donors (Lipinski definition) is 0. The number of hydrogen-bond acceptors (Lipinski definition) is 2. The van der Waals surface area contributed by atoms with Gasteiger partial charge in [0.1, 0.15) is 11.5 Å². The van der Waals surface area contributed by atoms with Gasteiger partial charge in [0.25, 0.3) is 0 Å². The van der Waals surface area contributed by atoms with Crippen molar-refractivity contribution in [3.63, 3.8) is 0 Å². The van der Waals surface area contributed by atoms with Crippen LogP contribution in [0.2, 0.25) is 0 Å². The fourth-order valence-corrected chi connectivity index (χ4v) is 2.19. The standard InChI is InChI=1S/C13H19ClO2/c1-9-7-11(15-3)13(10(2)5-6-14)12(8-9)16-4/h7-8,10H,5-6H2,1-4H3. The number of alkyl halides is 1. The number of aryl methyl sites for hydroxylation is 1. The van der Waals surface area contributed by atoms with E-state index in [-0.39, 0.29) is 0 Å². The molecule has 1 aromatic rings. The lowest BCUT2D eigenvalue weighted by atomic mass is 9.95. The van der Waals surface area contributed by atoms with Crippen molar-refractivity contribution in [3.8, 4) is 11.5 Å². The highest BCUT2D eigenvalue weighted by atomic mass is 35.5. The Balaban J connectivity index is 3.21. The van der Waals surface area contributed by atoms with E-state index in [2.05, 4.69) is 6.92 Å². The van der Waals surface area contributed by atoms with E-state index in [1.165, 1.54) is 0 Å². The molecule has 0 bridgehead atoms. The van der Waals surface area contributed by atoms with E-state index in [1.54, 1.807) is 14.2 Å². The SMILES string of the molecule is COc1cc(C)cc(OC)c1C(C)CCCl. The van der Waals surface area contributed by atoms with Crippen LogP contribution in [0, 0.1) is 6.92 Å². The molecule has 0 heterocycles. The molecule has 0 aromatic heterocycles. The van der Waals surface area contributed by atoms with E-state index in [4.69, 9.17) is 21.1 Å². The molecule has 0 radical (unpaired) electrons. The van der Waals surface area contributed by atoms with Crippen LogP contribution in [-0.2, 0) is 0 Å². The average Bonchev–Trinajstić information content (AvgIpc) is 2.27. The lowest BCUT2D eigenvalue weighted by Gasteiger charge is -2.19. The molecule has 0 saturated heterocycles. The summed E-state index contributed by atoms with van der Waals surface area (Å²) in [6.45, 7) is 4.17. The summed E-state index contributed by atoms with van der Waals surface area (Å²) in [4.78, 5) is 0. The minimum atomic E-state index is 0.336. The molecule has 0 spiro atoms. The molecule has 2 nitrogen and oxygen atoms in total. The zero-order valence-corrected chi connectivity index (χ0v) is 11.1. The Labute approximate surface area is 103 Å². The van der Waals surface area contributed by atoms with Gasteiger partial charge in [0, 0.05) is 11.4 Å². The van der Waals surface area contributed by atoms with Crippen LogP contribution < -0.4 is 9.47 Å². The van der Waals surface area contributed by atoms with E-state index in [0.717, 1.165) is 29.0 Å². The molecule has 0 saturated carbocycles. The predicted molar refractivity (Wildman–Crippen MR) is 68.0 cm³/mol. The minimum absolute atomic E-state index is 0.336. The van der Waals surface area contributed by atoms with Crippen molar-refractivity contribution in [1.29, 1.82) is 0 Å². The lowest BCUT2D eigenvalue weighted by Crippen LogP contribution is -2.02. The van der Waals surface area contributed by atoms with E-state index in [0.29, 0.717) is 11.8 Å². The normalized spacial score (nSPS) is 12.3. The van der Waals surface area contributed by atoms with Gasteiger partial charge >= 0.3 is 0 Å². The van der Waals surface area contributed by atoms with Crippen molar-refractivity contribution < 1.29 is 9.47 Å². The maximum absolute atomic E-state index is 5.79. The Morgan fingerprint density at radius 3 is 2.06 bits per heavy atom. The first kappa shape index (κ1) is 13.2. The van der Waals surface area contributed by atoms with E-state index >= 15 is 0 Å². The van der Waals surface area contributed by atoms with Gasteiger partial charge in [0.2, 0.25) is 0 Å². The maximum atomic E-state index is 5.79. The number of ether oxygens (including phenoxy) is 2. The molecule has 1 aromatic carbocycles. The Bertz CT molecular complexity index is 325. The predicted octanol–water partition coefficient (Wildman–Crippen LogP) is 3.74. The van der Waals surface area contributed by atoms with Crippen LogP contribution in [-0.4, -0.2) is 20.1 Å². The third kappa shape index (κ3) is 2.82. The Hall–Kier alpha value is -0.890. The topological polar surface area (TPSA) is 18.5 Å². The quantitative estimate of drug-likeness (QED) is 0.733. The van der Waals surface area contributed by atoms with Crippen LogP contribution in [0.15, 0.2) is 12.1 Å². The fourth-order valence-electron chi connectivity index (χ4n) is 1.86. The molecular formula is C13H19ClO2. The van der Waals surface area contributed by atoms with Crippen molar-refractivity contribution in [3.05, 3.63) is 23.3 Å². The summed E-state index contributed by atoms with van der Waals surface area (Å²) < 4.78 is 10.8. The molecule has 0 aliphatic rings. The summed E-state index contributed by atoms with van der Waals surface area (Å²) in [5.74, 6) is 2.74. The van der Waals surface area contributed by atoms with E-state index in [9.17, 15) is 0 Å². The third-order valence-electron chi connectivity index (χ3n) is 2.72. The molecule has 3 heteroatoms. The number of rotatable bonds is 5. The van der Waals surface area contributed by atoms with Crippen LogP contribution in [0.5, 0.6) is 11.5 Å². The second kappa shape index (κ2) is 6.00. The van der Waals surface area contributed by atoms with Gasteiger partial charge in [-0.15, -0.1) is 11.6 Å². The van der Waals surface area contributed by atoms with Gasteiger partial charge in [-0.05, 0) is 37.0 Å². The second-order valence-electron chi connectivity index (χ2n) is 3.96. The van der Waals surface area contributed by atoms with Gasteiger partial charge in [-0.2, -0.15) is 0 Å². The number of benzene rings is 1. The molecule has 0 aliphatic carbocycles. The van der Waals surface area contributed by atoms with Gasteiger partial charge in [-0.1, -0.05) is 6.92 Å². The van der Waals surface area contributed by atoms with Crippen molar-refractivity contribution in [2.45, 2.75) is 26.2 Å². The van der Waals surface area contributed by atoms with E-state index < -0.39 is 0 Å². The number of halogens is 1.